The molecule has 0 aliphatic heterocycles. The van der Waals surface area contributed by atoms with Crippen LogP contribution in [-0.2, 0) is 28.6 Å². The fourth-order valence-electron chi connectivity index (χ4n) is 7.21. The van der Waals surface area contributed by atoms with E-state index in [1.807, 2.05) is 36.5 Å². The summed E-state index contributed by atoms with van der Waals surface area (Å²) in [6.45, 7) is 6.34. The van der Waals surface area contributed by atoms with Crippen LogP contribution in [-0.4, -0.2) is 37.2 Å². The minimum Gasteiger partial charge on any atom is -0.462 e. The summed E-state index contributed by atoms with van der Waals surface area (Å²) in [5.74, 6) is -0.948. The lowest BCUT2D eigenvalue weighted by molar-refractivity contribution is -0.167. The third-order valence-corrected chi connectivity index (χ3v) is 11.2. The fourth-order valence-corrected chi connectivity index (χ4v) is 7.21. The van der Waals surface area contributed by atoms with Crippen LogP contribution in [0.4, 0.5) is 0 Å². The van der Waals surface area contributed by atoms with Crippen LogP contribution in [0, 0.1) is 0 Å². The van der Waals surface area contributed by atoms with Gasteiger partial charge < -0.3 is 14.2 Å². The second kappa shape index (κ2) is 52.9. The molecule has 0 amide bonds. The van der Waals surface area contributed by atoms with Crippen molar-refractivity contribution in [2.75, 3.05) is 13.2 Å². The molecule has 0 aromatic heterocycles. The average Bonchev–Trinajstić information content (AvgIpc) is 3.30. The molecular formula is C59H98O6. The van der Waals surface area contributed by atoms with Crippen LogP contribution in [0.2, 0.25) is 0 Å². The Morgan fingerprint density at radius 2 is 0.677 bits per heavy atom. The summed E-state index contributed by atoms with van der Waals surface area (Å²) in [4.78, 5) is 38.0. The summed E-state index contributed by atoms with van der Waals surface area (Å²) in [6, 6.07) is 0. The third-order valence-electron chi connectivity index (χ3n) is 11.2. The minimum absolute atomic E-state index is 0.0972. The van der Waals surface area contributed by atoms with Gasteiger partial charge in [-0.25, -0.2) is 0 Å². The lowest BCUT2D eigenvalue weighted by Gasteiger charge is -2.18. The minimum atomic E-state index is -0.798. The van der Waals surface area contributed by atoms with Crippen molar-refractivity contribution in [2.45, 2.75) is 245 Å². The van der Waals surface area contributed by atoms with Gasteiger partial charge in [0.15, 0.2) is 6.10 Å². The van der Waals surface area contributed by atoms with E-state index in [1.54, 1.807) is 0 Å². The molecule has 0 aromatic rings. The van der Waals surface area contributed by atoms with Gasteiger partial charge in [-0.15, -0.1) is 0 Å². The number of rotatable bonds is 47. The van der Waals surface area contributed by atoms with Crippen molar-refractivity contribution in [3.8, 4) is 0 Å². The van der Waals surface area contributed by atoms with Crippen LogP contribution in [0.3, 0.4) is 0 Å². The van der Waals surface area contributed by atoms with E-state index in [4.69, 9.17) is 14.2 Å². The number of ether oxygens (including phenoxy) is 3. The monoisotopic (exact) mass is 903 g/mol. The predicted octanol–water partition coefficient (Wildman–Crippen LogP) is 17.8. The van der Waals surface area contributed by atoms with E-state index in [-0.39, 0.29) is 31.1 Å². The molecule has 0 saturated heterocycles. The molecule has 65 heavy (non-hydrogen) atoms. The Morgan fingerprint density at radius 3 is 1.14 bits per heavy atom. The zero-order valence-electron chi connectivity index (χ0n) is 42.2. The molecule has 0 rings (SSSR count). The maximum absolute atomic E-state index is 12.8. The smallest absolute Gasteiger partial charge is 0.306 e. The van der Waals surface area contributed by atoms with Crippen molar-refractivity contribution in [1.29, 1.82) is 0 Å². The van der Waals surface area contributed by atoms with E-state index in [0.29, 0.717) is 19.3 Å². The van der Waals surface area contributed by atoms with E-state index in [0.717, 1.165) is 109 Å². The normalized spacial score (nSPS) is 12.8. The van der Waals surface area contributed by atoms with E-state index >= 15 is 0 Å². The molecule has 0 aromatic carbocycles. The van der Waals surface area contributed by atoms with Crippen molar-refractivity contribution < 1.29 is 28.6 Å². The van der Waals surface area contributed by atoms with Crippen LogP contribution in [0.15, 0.2) is 97.2 Å². The van der Waals surface area contributed by atoms with Gasteiger partial charge in [0, 0.05) is 19.3 Å². The lowest BCUT2D eigenvalue weighted by Crippen LogP contribution is -2.30. The first kappa shape index (κ1) is 61.3. The van der Waals surface area contributed by atoms with Crippen molar-refractivity contribution >= 4 is 17.9 Å². The summed E-state index contributed by atoms with van der Waals surface area (Å²) in [7, 11) is 0. The number of esters is 3. The van der Waals surface area contributed by atoms with Crippen LogP contribution in [0.25, 0.3) is 0 Å². The lowest BCUT2D eigenvalue weighted by atomic mass is 10.0. The summed E-state index contributed by atoms with van der Waals surface area (Å²) in [5, 5.41) is 0. The van der Waals surface area contributed by atoms with Crippen molar-refractivity contribution in [3.05, 3.63) is 97.2 Å². The van der Waals surface area contributed by atoms with Gasteiger partial charge in [0.2, 0.25) is 0 Å². The zero-order valence-corrected chi connectivity index (χ0v) is 42.2. The maximum Gasteiger partial charge on any atom is 0.306 e. The number of hydrogen-bond donors (Lipinski definition) is 0. The number of unbranched alkanes of at least 4 members (excludes halogenated alkanes) is 23. The Hall–Kier alpha value is -3.67. The SMILES string of the molecule is CC\C=C/C=C\C=C/C=C\CCCCCC(=O)OCC(COC(=O)CCCCCCCC/C=C\C/C=C\C/C=C\C/C=C\CC)OC(=O)CCCCCCCCCCCCCCCCC. The quantitative estimate of drug-likeness (QED) is 0.0199. The maximum atomic E-state index is 12.8. The van der Waals surface area contributed by atoms with Crippen molar-refractivity contribution in [2.24, 2.45) is 0 Å². The molecule has 6 nitrogen and oxygen atoms in total. The molecule has 370 valence electrons. The highest BCUT2D eigenvalue weighted by Gasteiger charge is 2.19. The largest absolute Gasteiger partial charge is 0.462 e. The highest BCUT2D eigenvalue weighted by molar-refractivity contribution is 5.71. The van der Waals surface area contributed by atoms with E-state index < -0.39 is 6.10 Å². The molecule has 0 saturated carbocycles. The number of carbonyl (C=O) groups is 3. The zero-order chi connectivity index (χ0) is 47.2. The molecule has 0 N–H and O–H groups in total. The Morgan fingerprint density at radius 1 is 0.338 bits per heavy atom. The van der Waals surface area contributed by atoms with Crippen LogP contribution in [0.5, 0.6) is 0 Å². The molecular weight excluding hydrogens is 805 g/mol. The third kappa shape index (κ3) is 51.2. The summed E-state index contributed by atoms with van der Waals surface area (Å²) in [6.07, 6.45) is 69.6. The van der Waals surface area contributed by atoms with E-state index in [1.165, 1.54) is 89.9 Å². The van der Waals surface area contributed by atoms with Gasteiger partial charge in [0.05, 0.1) is 0 Å². The summed E-state index contributed by atoms with van der Waals surface area (Å²) in [5.41, 5.74) is 0. The molecule has 0 spiro atoms. The molecule has 6 heteroatoms. The number of allylic oxidation sites excluding steroid dienone is 16. The second-order valence-electron chi connectivity index (χ2n) is 17.5. The molecule has 0 aliphatic carbocycles. The molecule has 0 heterocycles. The Balaban J connectivity index is 4.44. The fraction of sp³-hybridized carbons (Fsp3) is 0.678. The average molecular weight is 903 g/mol. The summed E-state index contributed by atoms with van der Waals surface area (Å²) < 4.78 is 16.8. The highest BCUT2D eigenvalue weighted by Crippen LogP contribution is 2.15. The molecule has 0 radical (unpaired) electrons. The predicted molar refractivity (Wildman–Crippen MR) is 279 cm³/mol. The van der Waals surface area contributed by atoms with E-state index in [9.17, 15) is 14.4 Å². The van der Waals surface area contributed by atoms with Crippen molar-refractivity contribution in [3.63, 3.8) is 0 Å². The van der Waals surface area contributed by atoms with Gasteiger partial charge in [-0.1, -0.05) is 240 Å². The second-order valence-corrected chi connectivity index (χ2v) is 17.5. The van der Waals surface area contributed by atoms with Gasteiger partial charge >= 0.3 is 17.9 Å². The highest BCUT2D eigenvalue weighted by atomic mass is 16.6. The van der Waals surface area contributed by atoms with Crippen molar-refractivity contribution in [1.82, 2.24) is 0 Å². The van der Waals surface area contributed by atoms with Gasteiger partial charge in [0.1, 0.15) is 13.2 Å². The topological polar surface area (TPSA) is 78.9 Å². The molecule has 1 atom stereocenters. The summed E-state index contributed by atoms with van der Waals surface area (Å²) >= 11 is 0. The first-order valence-electron chi connectivity index (χ1n) is 26.8. The Bertz CT molecular complexity index is 1310. The molecule has 1 unspecified atom stereocenters. The van der Waals surface area contributed by atoms with Crippen LogP contribution in [0.1, 0.15) is 239 Å². The number of hydrogen-bond acceptors (Lipinski definition) is 6. The van der Waals surface area contributed by atoms with Gasteiger partial charge in [-0.2, -0.15) is 0 Å². The standard InChI is InChI=1S/C59H98O6/c1-4-7-10-13-16-19-22-25-27-28-29-30-32-34-37-40-43-46-49-52-58(61)64-55-56(54-63-57(60)51-48-45-42-39-36-33-24-21-18-15-12-9-6-3)65-59(62)53-50-47-44-41-38-35-31-26-23-20-17-14-11-8-5-2/h7,9-10,12,15-16,18-19,21,24-25,27,29-30,33,36,56H,4-6,8,11,13-14,17,20,22-23,26,28,31-32,34-35,37-55H2,1-3H3/b10-7-,12-9-,18-15-,19-16-,24-21-,27-25-,30-29-,36-33-. The van der Waals surface area contributed by atoms with Crippen LogP contribution < -0.4 is 0 Å². The first-order valence-corrected chi connectivity index (χ1v) is 26.8. The molecule has 0 aliphatic rings. The van der Waals surface area contributed by atoms with Crippen LogP contribution >= 0.6 is 0 Å². The number of carbonyl (C=O) groups excluding carboxylic acids is 3. The molecule has 0 bridgehead atoms. The van der Waals surface area contributed by atoms with Gasteiger partial charge in [0.25, 0.3) is 0 Å². The Labute approximate surface area is 400 Å². The first-order chi connectivity index (χ1) is 32.0. The van der Waals surface area contributed by atoms with Gasteiger partial charge in [-0.05, 0) is 77.0 Å². The molecule has 0 fully saturated rings. The van der Waals surface area contributed by atoms with E-state index in [2.05, 4.69) is 81.5 Å². The van der Waals surface area contributed by atoms with Gasteiger partial charge in [-0.3, -0.25) is 14.4 Å². The Kier molecular flexibility index (Phi) is 50.0.